The summed E-state index contributed by atoms with van der Waals surface area (Å²) < 4.78 is 3.73. The maximum atomic E-state index is 12.2. The highest BCUT2D eigenvalue weighted by atomic mass is 127. The van der Waals surface area contributed by atoms with Crippen LogP contribution < -0.4 is 0 Å². The van der Waals surface area contributed by atoms with Crippen LogP contribution in [0.25, 0.3) is 0 Å². The molecule has 0 unspecified atom stereocenters. The van der Waals surface area contributed by atoms with E-state index in [1.54, 1.807) is 6.20 Å². The summed E-state index contributed by atoms with van der Waals surface area (Å²) >= 11 is 5.58. The molecular formula is C13H12BrIN2O. The highest BCUT2D eigenvalue weighted by molar-refractivity contribution is 14.1. The van der Waals surface area contributed by atoms with Crippen molar-refractivity contribution in [1.29, 1.82) is 0 Å². The van der Waals surface area contributed by atoms with E-state index in [4.69, 9.17) is 0 Å². The third kappa shape index (κ3) is 3.20. The van der Waals surface area contributed by atoms with Gasteiger partial charge in [0.25, 0.3) is 0 Å². The van der Waals surface area contributed by atoms with Crippen molar-refractivity contribution >= 4 is 44.3 Å². The highest BCUT2D eigenvalue weighted by Crippen LogP contribution is 2.20. The predicted molar refractivity (Wildman–Crippen MR) is 82.8 cm³/mol. The van der Waals surface area contributed by atoms with Crippen LogP contribution in [0.3, 0.4) is 0 Å². The van der Waals surface area contributed by atoms with Crippen LogP contribution >= 0.6 is 38.5 Å². The third-order valence-corrected chi connectivity index (χ3v) is 4.04. The molecule has 5 heteroatoms. The quantitative estimate of drug-likeness (QED) is 0.560. The first-order valence-corrected chi connectivity index (χ1v) is 7.47. The zero-order chi connectivity index (χ0) is 13.1. The van der Waals surface area contributed by atoms with Gasteiger partial charge >= 0.3 is 0 Å². The highest BCUT2D eigenvalue weighted by Gasteiger charge is 2.12. The minimum Gasteiger partial charge on any atom is -0.294 e. The average Bonchev–Trinajstić information content (AvgIpc) is 2.80. The van der Waals surface area contributed by atoms with Crippen LogP contribution in [-0.2, 0) is 13.0 Å². The number of hydrogen-bond acceptors (Lipinski definition) is 2. The SMILES string of the molecule is CCn1cc(CC(=O)c2cc(Br)ccc2I)cn1. The Morgan fingerprint density at radius 3 is 2.94 bits per heavy atom. The van der Waals surface area contributed by atoms with E-state index in [1.165, 1.54) is 0 Å². The van der Waals surface area contributed by atoms with Crippen molar-refractivity contribution in [3.63, 3.8) is 0 Å². The van der Waals surface area contributed by atoms with Gasteiger partial charge in [0, 0.05) is 32.8 Å². The van der Waals surface area contributed by atoms with E-state index in [9.17, 15) is 4.79 Å². The Bertz CT molecular complexity index is 580. The smallest absolute Gasteiger partial charge is 0.168 e. The van der Waals surface area contributed by atoms with Crippen LogP contribution in [0.1, 0.15) is 22.8 Å². The van der Waals surface area contributed by atoms with Gasteiger partial charge in [-0.1, -0.05) is 15.9 Å². The lowest BCUT2D eigenvalue weighted by Gasteiger charge is -2.03. The minimum absolute atomic E-state index is 0.122. The summed E-state index contributed by atoms with van der Waals surface area (Å²) in [5.74, 6) is 0.122. The molecule has 1 heterocycles. The molecule has 1 aromatic heterocycles. The van der Waals surface area contributed by atoms with E-state index >= 15 is 0 Å². The molecule has 0 aliphatic carbocycles. The lowest BCUT2D eigenvalue weighted by Crippen LogP contribution is -2.05. The summed E-state index contributed by atoms with van der Waals surface area (Å²) in [5, 5.41) is 4.17. The Hall–Kier alpha value is -0.690. The molecule has 0 spiro atoms. The summed E-state index contributed by atoms with van der Waals surface area (Å²) in [6, 6.07) is 5.75. The van der Waals surface area contributed by atoms with Crippen LogP contribution in [-0.4, -0.2) is 15.6 Å². The summed E-state index contributed by atoms with van der Waals surface area (Å²) in [5.41, 5.74) is 1.71. The summed E-state index contributed by atoms with van der Waals surface area (Å²) in [6.07, 6.45) is 4.07. The first-order chi connectivity index (χ1) is 8.60. The van der Waals surface area contributed by atoms with Crippen LogP contribution in [0.2, 0.25) is 0 Å². The lowest BCUT2D eigenvalue weighted by atomic mass is 10.1. The number of rotatable bonds is 4. The molecule has 0 radical (unpaired) electrons. The van der Waals surface area contributed by atoms with Gasteiger partial charge in [0.2, 0.25) is 0 Å². The first kappa shape index (κ1) is 13.7. The fourth-order valence-corrected chi connectivity index (χ4v) is 2.66. The Morgan fingerprint density at radius 1 is 1.50 bits per heavy atom. The van der Waals surface area contributed by atoms with E-state index in [0.717, 1.165) is 25.7 Å². The summed E-state index contributed by atoms with van der Waals surface area (Å²) in [6.45, 7) is 2.85. The van der Waals surface area contributed by atoms with E-state index in [0.29, 0.717) is 6.42 Å². The van der Waals surface area contributed by atoms with Gasteiger partial charge in [0.1, 0.15) is 0 Å². The number of Topliss-reactive ketones (excluding diaryl/α,β-unsaturated/α-hetero) is 1. The maximum absolute atomic E-state index is 12.2. The topological polar surface area (TPSA) is 34.9 Å². The molecule has 0 atom stereocenters. The number of ketones is 1. The van der Waals surface area contributed by atoms with E-state index in [-0.39, 0.29) is 5.78 Å². The number of nitrogens with zero attached hydrogens (tertiary/aromatic N) is 2. The number of halogens is 2. The van der Waals surface area contributed by atoms with Crippen molar-refractivity contribution in [2.75, 3.05) is 0 Å². The van der Waals surface area contributed by atoms with Gasteiger partial charge in [-0.3, -0.25) is 9.48 Å². The second kappa shape index (κ2) is 5.97. The van der Waals surface area contributed by atoms with Crippen molar-refractivity contribution in [3.8, 4) is 0 Å². The number of carbonyl (C=O) groups is 1. The Morgan fingerprint density at radius 2 is 2.28 bits per heavy atom. The third-order valence-electron chi connectivity index (χ3n) is 2.60. The van der Waals surface area contributed by atoms with E-state index in [1.807, 2.05) is 36.0 Å². The molecule has 2 rings (SSSR count). The van der Waals surface area contributed by atoms with Gasteiger partial charge < -0.3 is 0 Å². The molecule has 1 aromatic carbocycles. The predicted octanol–water partition coefficient (Wildman–Crippen LogP) is 3.70. The number of aryl methyl sites for hydroxylation is 1. The molecule has 94 valence electrons. The lowest BCUT2D eigenvalue weighted by molar-refractivity contribution is 0.0992. The fourth-order valence-electron chi connectivity index (χ4n) is 1.66. The van der Waals surface area contributed by atoms with Crippen LogP contribution in [0.15, 0.2) is 35.1 Å². The van der Waals surface area contributed by atoms with Crippen molar-refractivity contribution in [3.05, 3.63) is 49.8 Å². The van der Waals surface area contributed by atoms with Gasteiger partial charge in [0.15, 0.2) is 5.78 Å². The van der Waals surface area contributed by atoms with Gasteiger partial charge in [-0.05, 0) is 53.3 Å². The Balaban J connectivity index is 2.19. The monoisotopic (exact) mass is 418 g/mol. The summed E-state index contributed by atoms with van der Waals surface area (Å²) in [7, 11) is 0. The molecular weight excluding hydrogens is 407 g/mol. The molecule has 0 N–H and O–H groups in total. The van der Waals surface area contributed by atoms with Gasteiger partial charge in [-0.2, -0.15) is 5.10 Å². The standard InChI is InChI=1S/C13H12BrIN2O/c1-2-17-8-9(7-16-17)5-13(18)11-6-10(14)3-4-12(11)15/h3-4,6-8H,2,5H2,1H3. The normalized spacial score (nSPS) is 10.6. The van der Waals surface area contributed by atoms with E-state index in [2.05, 4.69) is 43.6 Å². The van der Waals surface area contributed by atoms with Crippen LogP contribution in [0.4, 0.5) is 0 Å². The Labute approximate surface area is 128 Å². The molecule has 0 bridgehead atoms. The number of aromatic nitrogens is 2. The van der Waals surface area contributed by atoms with Crippen molar-refractivity contribution in [2.24, 2.45) is 0 Å². The molecule has 0 fully saturated rings. The van der Waals surface area contributed by atoms with Crippen LogP contribution in [0.5, 0.6) is 0 Å². The zero-order valence-corrected chi connectivity index (χ0v) is 13.6. The number of benzene rings is 1. The molecule has 0 aliphatic rings. The summed E-state index contributed by atoms with van der Waals surface area (Å²) in [4.78, 5) is 12.2. The molecule has 0 amide bonds. The number of carbonyl (C=O) groups excluding carboxylic acids is 1. The molecule has 3 nitrogen and oxygen atoms in total. The van der Waals surface area contributed by atoms with Crippen molar-refractivity contribution in [2.45, 2.75) is 19.9 Å². The molecule has 0 aliphatic heterocycles. The molecule has 2 aromatic rings. The fraction of sp³-hybridized carbons (Fsp3) is 0.231. The molecule has 18 heavy (non-hydrogen) atoms. The van der Waals surface area contributed by atoms with Crippen molar-refractivity contribution < 1.29 is 4.79 Å². The zero-order valence-electron chi connectivity index (χ0n) is 9.86. The van der Waals surface area contributed by atoms with Gasteiger partial charge in [-0.15, -0.1) is 0 Å². The van der Waals surface area contributed by atoms with Crippen molar-refractivity contribution in [1.82, 2.24) is 9.78 Å². The second-order valence-electron chi connectivity index (χ2n) is 3.93. The maximum Gasteiger partial charge on any atom is 0.168 e. The van der Waals surface area contributed by atoms with E-state index < -0.39 is 0 Å². The second-order valence-corrected chi connectivity index (χ2v) is 6.01. The molecule has 0 saturated heterocycles. The van der Waals surface area contributed by atoms with Gasteiger partial charge in [0.05, 0.1) is 6.20 Å². The Kier molecular flexibility index (Phi) is 4.55. The average molecular weight is 419 g/mol. The van der Waals surface area contributed by atoms with Gasteiger partial charge in [-0.25, -0.2) is 0 Å². The first-order valence-electron chi connectivity index (χ1n) is 5.59. The molecule has 0 saturated carbocycles. The number of hydrogen-bond donors (Lipinski definition) is 0. The minimum atomic E-state index is 0.122. The largest absolute Gasteiger partial charge is 0.294 e. The van der Waals surface area contributed by atoms with Crippen LogP contribution in [0, 0.1) is 3.57 Å².